The Labute approximate surface area is 163 Å². The maximum atomic E-state index is 6.13. The smallest absolute Gasteiger partial charge is 0.218 e. The molecule has 130 valence electrons. The normalized spacial score (nSPS) is 10.7. The molecule has 0 aliphatic carbocycles. The first-order valence-electron chi connectivity index (χ1n) is 8.62. The lowest BCUT2D eigenvalue weighted by atomic mass is 9.94. The van der Waals surface area contributed by atoms with Crippen LogP contribution in [-0.2, 0) is 0 Å². The molecule has 3 aromatic carbocycles. The lowest BCUT2D eigenvalue weighted by Gasteiger charge is -2.11. The van der Waals surface area contributed by atoms with E-state index in [1.807, 2.05) is 48.6 Å². The Kier molecular flexibility index (Phi) is 4.57. The van der Waals surface area contributed by atoms with Crippen molar-refractivity contribution < 1.29 is 0 Å². The van der Waals surface area contributed by atoms with Gasteiger partial charge in [0.25, 0.3) is 0 Å². The van der Waals surface area contributed by atoms with Crippen LogP contribution in [0.5, 0.6) is 0 Å². The van der Waals surface area contributed by atoms with Gasteiger partial charge in [0.1, 0.15) is 0 Å². The molecule has 0 fully saturated rings. The molecule has 0 atom stereocenters. The summed E-state index contributed by atoms with van der Waals surface area (Å²) < 4.78 is 0. The van der Waals surface area contributed by atoms with E-state index in [2.05, 4.69) is 53.5 Å². The lowest BCUT2D eigenvalue weighted by molar-refractivity contribution is 1.22. The van der Waals surface area contributed by atoms with Crippen LogP contribution in [0.3, 0.4) is 0 Å². The van der Waals surface area contributed by atoms with Crippen molar-refractivity contribution >= 4 is 34.7 Å². The molecular formula is C24H17ClN2. The zero-order valence-electron chi connectivity index (χ0n) is 14.7. The fraction of sp³-hybridized carbons (Fsp3) is 0. The van der Waals surface area contributed by atoms with Gasteiger partial charge in [0, 0.05) is 10.9 Å². The summed E-state index contributed by atoms with van der Waals surface area (Å²) in [7, 11) is 0. The Balaban J connectivity index is 1.83. The van der Waals surface area contributed by atoms with Crippen LogP contribution in [0.4, 0.5) is 0 Å². The van der Waals surface area contributed by atoms with Gasteiger partial charge in [-0.25, -0.2) is 9.97 Å². The summed E-state index contributed by atoms with van der Waals surface area (Å²) in [5.74, 6) is 0. The minimum Gasteiger partial charge on any atom is -0.218 e. The Morgan fingerprint density at radius 1 is 0.741 bits per heavy atom. The fourth-order valence-electron chi connectivity index (χ4n) is 3.32. The molecule has 0 spiro atoms. The van der Waals surface area contributed by atoms with Crippen molar-refractivity contribution in [3.05, 3.63) is 96.3 Å². The van der Waals surface area contributed by atoms with Gasteiger partial charge in [0.15, 0.2) is 0 Å². The largest absolute Gasteiger partial charge is 0.223 e. The number of nitrogens with zero attached hydrogens (tertiary/aromatic N) is 2. The zero-order chi connectivity index (χ0) is 18.8. The van der Waals surface area contributed by atoms with Crippen molar-refractivity contribution in [2.24, 2.45) is 0 Å². The second-order valence-electron chi connectivity index (χ2n) is 6.15. The minimum atomic E-state index is 0.250. The highest BCUT2D eigenvalue weighted by atomic mass is 35.5. The maximum Gasteiger partial charge on any atom is 0.223 e. The molecule has 1 heterocycles. The number of benzene rings is 3. The van der Waals surface area contributed by atoms with Crippen molar-refractivity contribution in [2.75, 3.05) is 0 Å². The Hall–Kier alpha value is -3.23. The average molecular weight is 369 g/mol. The number of hydrogen-bond donors (Lipinski definition) is 0. The van der Waals surface area contributed by atoms with Gasteiger partial charge in [-0.2, -0.15) is 0 Å². The number of aromatic nitrogens is 2. The van der Waals surface area contributed by atoms with E-state index in [9.17, 15) is 0 Å². The topological polar surface area (TPSA) is 25.8 Å². The summed E-state index contributed by atoms with van der Waals surface area (Å²) >= 11 is 6.13. The van der Waals surface area contributed by atoms with Gasteiger partial charge in [-0.05, 0) is 39.9 Å². The fourth-order valence-corrected chi connectivity index (χ4v) is 3.49. The molecule has 0 N–H and O–H groups in total. The number of halogens is 1. The molecule has 2 nitrogen and oxygen atoms in total. The predicted octanol–water partition coefficient (Wildman–Crippen LogP) is 6.90. The first kappa shape index (κ1) is 17.2. The molecule has 1 aromatic heterocycles. The summed E-state index contributed by atoms with van der Waals surface area (Å²) in [5, 5.41) is 1.23. The van der Waals surface area contributed by atoms with Crippen LogP contribution in [0.2, 0.25) is 5.28 Å². The molecule has 0 unspecified atom stereocenters. The molecule has 4 rings (SSSR count). The van der Waals surface area contributed by atoms with Gasteiger partial charge in [-0.3, -0.25) is 0 Å². The average Bonchev–Trinajstić information content (AvgIpc) is 2.72. The van der Waals surface area contributed by atoms with E-state index in [4.69, 9.17) is 11.6 Å². The van der Waals surface area contributed by atoms with Crippen LogP contribution in [0.15, 0.2) is 79.9 Å². The van der Waals surface area contributed by atoms with Crippen LogP contribution in [0.25, 0.3) is 45.4 Å². The number of fused-ring (bicyclic) bond motifs is 1. The van der Waals surface area contributed by atoms with Gasteiger partial charge < -0.3 is 0 Å². The van der Waals surface area contributed by atoms with Gasteiger partial charge in [0.2, 0.25) is 5.28 Å². The van der Waals surface area contributed by atoms with Crippen molar-refractivity contribution in [3.63, 3.8) is 0 Å². The van der Waals surface area contributed by atoms with E-state index in [0.717, 1.165) is 44.4 Å². The molecule has 0 aliphatic rings. The Morgan fingerprint density at radius 3 is 2.22 bits per heavy atom. The first-order chi connectivity index (χ1) is 13.2. The van der Waals surface area contributed by atoms with Crippen molar-refractivity contribution in [1.82, 2.24) is 9.97 Å². The first-order valence-corrected chi connectivity index (χ1v) is 9.00. The SMILES string of the molecule is C=Cc1cccc(-c2ccc(-c3nc(Cl)nc4ccccc34)cc2)c1C=C. The molecule has 27 heavy (non-hydrogen) atoms. The van der Waals surface area contributed by atoms with Crippen LogP contribution < -0.4 is 0 Å². The third-order valence-corrected chi connectivity index (χ3v) is 4.78. The molecule has 0 saturated carbocycles. The second kappa shape index (κ2) is 7.18. The highest BCUT2D eigenvalue weighted by Crippen LogP contribution is 2.32. The third-order valence-electron chi connectivity index (χ3n) is 4.61. The summed E-state index contributed by atoms with van der Waals surface area (Å²) in [6, 6.07) is 22.4. The monoisotopic (exact) mass is 368 g/mol. The molecular weight excluding hydrogens is 352 g/mol. The number of hydrogen-bond acceptors (Lipinski definition) is 2. The van der Waals surface area contributed by atoms with Gasteiger partial charge in [-0.15, -0.1) is 0 Å². The van der Waals surface area contributed by atoms with Crippen molar-refractivity contribution in [1.29, 1.82) is 0 Å². The standard InChI is InChI=1S/C24H17ClN2/c1-3-16-8-7-10-20(19(16)4-2)17-12-14-18(15-13-17)23-21-9-5-6-11-22(21)26-24(25)27-23/h3-15H,1-2H2. The van der Waals surface area contributed by atoms with E-state index < -0.39 is 0 Å². The van der Waals surface area contributed by atoms with Crippen LogP contribution in [0, 0.1) is 0 Å². The summed E-state index contributed by atoms with van der Waals surface area (Å²) in [6.07, 6.45) is 3.72. The third kappa shape index (κ3) is 3.16. The second-order valence-corrected chi connectivity index (χ2v) is 6.49. The number of rotatable bonds is 4. The van der Waals surface area contributed by atoms with Crippen molar-refractivity contribution in [2.45, 2.75) is 0 Å². The zero-order valence-corrected chi connectivity index (χ0v) is 15.4. The molecule has 0 saturated heterocycles. The van der Waals surface area contributed by atoms with E-state index in [-0.39, 0.29) is 5.28 Å². The van der Waals surface area contributed by atoms with E-state index in [1.54, 1.807) is 0 Å². The molecule has 0 bridgehead atoms. The highest BCUT2D eigenvalue weighted by Gasteiger charge is 2.10. The van der Waals surface area contributed by atoms with Crippen LogP contribution in [0.1, 0.15) is 11.1 Å². The molecule has 4 aromatic rings. The van der Waals surface area contributed by atoms with Crippen LogP contribution >= 0.6 is 11.6 Å². The van der Waals surface area contributed by atoms with E-state index in [1.165, 1.54) is 0 Å². The minimum absolute atomic E-state index is 0.250. The quantitative estimate of drug-likeness (QED) is 0.366. The number of para-hydroxylation sites is 1. The maximum absolute atomic E-state index is 6.13. The summed E-state index contributed by atoms with van der Waals surface area (Å²) in [5.41, 5.74) is 7.06. The highest BCUT2D eigenvalue weighted by molar-refractivity contribution is 6.28. The van der Waals surface area contributed by atoms with E-state index >= 15 is 0 Å². The Morgan fingerprint density at radius 2 is 1.48 bits per heavy atom. The van der Waals surface area contributed by atoms with Gasteiger partial charge in [0.05, 0.1) is 11.2 Å². The molecule has 0 radical (unpaired) electrons. The van der Waals surface area contributed by atoms with E-state index in [0.29, 0.717) is 0 Å². The summed E-state index contributed by atoms with van der Waals surface area (Å²) in [4.78, 5) is 8.76. The summed E-state index contributed by atoms with van der Waals surface area (Å²) in [6.45, 7) is 7.85. The van der Waals surface area contributed by atoms with Gasteiger partial charge in [-0.1, -0.05) is 86.0 Å². The molecule has 0 aliphatic heterocycles. The Bertz CT molecular complexity index is 1160. The van der Waals surface area contributed by atoms with Crippen LogP contribution in [-0.4, -0.2) is 9.97 Å². The predicted molar refractivity (Wildman–Crippen MR) is 116 cm³/mol. The van der Waals surface area contributed by atoms with Crippen molar-refractivity contribution in [3.8, 4) is 22.4 Å². The molecule has 0 amide bonds. The molecule has 3 heteroatoms. The van der Waals surface area contributed by atoms with Gasteiger partial charge >= 0.3 is 0 Å². The lowest BCUT2D eigenvalue weighted by Crippen LogP contribution is -1.92.